The van der Waals surface area contributed by atoms with E-state index in [9.17, 15) is 9.18 Å². The fraction of sp³-hybridized carbons (Fsp3) is 0.316. The molecule has 0 saturated heterocycles. The maximum Gasteiger partial charge on any atom is 0.260 e. The molecule has 0 spiro atoms. The molecule has 0 fully saturated rings. The molecule has 2 rings (SSSR count). The predicted molar refractivity (Wildman–Crippen MR) is 90.9 cm³/mol. The molecule has 2 aromatic rings. The Labute approximate surface area is 141 Å². The summed E-state index contributed by atoms with van der Waals surface area (Å²) in [5, 5.41) is 2.72. The monoisotopic (exact) mass is 331 g/mol. The van der Waals surface area contributed by atoms with Crippen molar-refractivity contribution in [2.75, 3.05) is 13.2 Å². The number of ether oxygens (including phenoxy) is 2. The number of aryl methyl sites for hydroxylation is 1. The molecule has 1 amide bonds. The average molecular weight is 331 g/mol. The molecule has 0 aliphatic heterocycles. The lowest BCUT2D eigenvalue weighted by Crippen LogP contribution is -2.38. The number of halogens is 1. The molecule has 0 aliphatic carbocycles. The summed E-state index contributed by atoms with van der Waals surface area (Å²) in [4.78, 5) is 12.0. The van der Waals surface area contributed by atoms with Gasteiger partial charge in [0, 0.05) is 0 Å². The number of hydrogen-bond acceptors (Lipinski definition) is 3. The van der Waals surface area contributed by atoms with E-state index in [-0.39, 0.29) is 11.7 Å². The Morgan fingerprint density at radius 1 is 1.12 bits per heavy atom. The van der Waals surface area contributed by atoms with Gasteiger partial charge in [0.15, 0.2) is 17.7 Å². The fourth-order valence-corrected chi connectivity index (χ4v) is 2.14. The largest absolute Gasteiger partial charge is 0.491 e. The number of rotatable bonds is 7. The van der Waals surface area contributed by atoms with E-state index >= 15 is 0 Å². The van der Waals surface area contributed by atoms with Gasteiger partial charge in [0.05, 0.1) is 6.54 Å². The van der Waals surface area contributed by atoms with Gasteiger partial charge < -0.3 is 14.8 Å². The Balaban J connectivity index is 1.76. The molecule has 1 N–H and O–H groups in total. The van der Waals surface area contributed by atoms with E-state index in [1.54, 1.807) is 19.1 Å². The molecule has 0 heterocycles. The number of para-hydroxylation sites is 1. The molecule has 0 bridgehead atoms. The first-order valence-corrected chi connectivity index (χ1v) is 7.87. The summed E-state index contributed by atoms with van der Waals surface area (Å²) in [5.74, 6) is 0.0601. The van der Waals surface area contributed by atoms with Crippen molar-refractivity contribution in [1.82, 2.24) is 5.32 Å². The zero-order valence-corrected chi connectivity index (χ0v) is 14.1. The van der Waals surface area contributed by atoms with Crippen molar-refractivity contribution in [2.45, 2.75) is 26.9 Å². The van der Waals surface area contributed by atoms with Crippen LogP contribution in [0.3, 0.4) is 0 Å². The smallest absolute Gasteiger partial charge is 0.260 e. The molecule has 5 heteroatoms. The first-order valence-electron chi connectivity index (χ1n) is 7.87. The van der Waals surface area contributed by atoms with Crippen LogP contribution in [0.4, 0.5) is 4.39 Å². The van der Waals surface area contributed by atoms with E-state index in [2.05, 4.69) is 5.32 Å². The van der Waals surface area contributed by atoms with Crippen LogP contribution in [0.2, 0.25) is 0 Å². The van der Waals surface area contributed by atoms with Gasteiger partial charge in [-0.3, -0.25) is 4.79 Å². The maximum absolute atomic E-state index is 13.5. The second kappa shape index (κ2) is 8.34. The summed E-state index contributed by atoms with van der Waals surface area (Å²) in [6.07, 6.45) is -0.789. The highest BCUT2D eigenvalue weighted by molar-refractivity contribution is 5.80. The van der Waals surface area contributed by atoms with Gasteiger partial charge in [0.25, 0.3) is 5.91 Å². The third-order valence-electron chi connectivity index (χ3n) is 3.72. The zero-order chi connectivity index (χ0) is 17.5. The van der Waals surface area contributed by atoms with E-state index in [0.717, 1.165) is 16.9 Å². The highest BCUT2D eigenvalue weighted by Crippen LogP contribution is 2.20. The Morgan fingerprint density at radius 3 is 2.58 bits per heavy atom. The summed E-state index contributed by atoms with van der Waals surface area (Å²) < 4.78 is 24.5. The molecule has 4 nitrogen and oxygen atoms in total. The van der Waals surface area contributed by atoms with Crippen LogP contribution in [0.25, 0.3) is 0 Å². The topological polar surface area (TPSA) is 47.6 Å². The maximum atomic E-state index is 13.5. The normalized spacial score (nSPS) is 11.7. The Bertz CT molecular complexity index is 703. The lowest BCUT2D eigenvalue weighted by molar-refractivity contribution is -0.127. The van der Waals surface area contributed by atoms with E-state index in [1.807, 2.05) is 32.0 Å². The Hall–Kier alpha value is -2.56. The van der Waals surface area contributed by atoms with Gasteiger partial charge in [-0.15, -0.1) is 0 Å². The van der Waals surface area contributed by atoms with Crippen LogP contribution in [0.5, 0.6) is 11.5 Å². The molecule has 1 atom stereocenters. The van der Waals surface area contributed by atoms with E-state index in [1.165, 1.54) is 12.1 Å². The minimum absolute atomic E-state index is 0.0618. The van der Waals surface area contributed by atoms with Gasteiger partial charge in [0.2, 0.25) is 0 Å². The molecule has 0 aromatic heterocycles. The quantitative estimate of drug-likeness (QED) is 0.791. The second-order valence-electron chi connectivity index (χ2n) is 5.53. The van der Waals surface area contributed by atoms with Crippen LogP contribution >= 0.6 is 0 Å². The second-order valence-corrected chi connectivity index (χ2v) is 5.53. The number of carbonyl (C=O) groups excluding carboxylic acids is 1. The molecule has 2 aromatic carbocycles. The Kier molecular flexibility index (Phi) is 6.18. The van der Waals surface area contributed by atoms with Crippen LogP contribution in [0.15, 0.2) is 42.5 Å². The summed E-state index contributed by atoms with van der Waals surface area (Å²) in [7, 11) is 0. The first-order chi connectivity index (χ1) is 11.5. The van der Waals surface area contributed by atoms with Crippen molar-refractivity contribution >= 4 is 5.91 Å². The van der Waals surface area contributed by atoms with E-state index in [4.69, 9.17) is 9.47 Å². The number of hydrogen-bond donors (Lipinski definition) is 1. The zero-order valence-electron chi connectivity index (χ0n) is 14.1. The lowest BCUT2D eigenvalue weighted by atomic mass is 10.1. The summed E-state index contributed by atoms with van der Waals surface area (Å²) in [5.41, 5.74) is 2.24. The lowest BCUT2D eigenvalue weighted by Gasteiger charge is -2.16. The van der Waals surface area contributed by atoms with Gasteiger partial charge in [-0.2, -0.15) is 0 Å². The van der Waals surface area contributed by atoms with Crippen LogP contribution in [0.1, 0.15) is 18.1 Å². The predicted octanol–water partition coefficient (Wildman–Crippen LogP) is 3.41. The number of nitrogens with one attached hydrogen (secondary N) is 1. The van der Waals surface area contributed by atoms with Gasteiger partial charge in [-0.25, -0.2) is 4.39 Å². The van der Waals surface area contributed by atoms with Crippen molar-refractivity contribution < 1.29 is 18.7 Å². The molecule has 0 aliphatic rings. The van der Waals surface area contributed by atoms with Crippen molar-refractivity contribution in [3.8, 4) is 11.5 Å². The minimum atomic E-state index is -0.789. The third-order valence-corrected chi connectivity index (χ3v) is 3.72. The minimum Gasteiger partial charge on any atom is -0.491 e. The molecular weight excluding hydrogens is 309 g/mol. The van der Waals surface area contributed by atoms with Crippen molar-refractivity contribution in [3.63, 3.8) is 0 Å². The molecule has 0 unspecified atom stereocenters. The molecule has 24 heavy (non-hydrogen) atoms. The fourth-order valence-electron chi connectivity index (χ4n) is 2.14. The Morgan fingerprint density at radius 2 is 1.83 bits per heavy atom. The number of amides is 1. The van der Waals surface area contributed by atoms with Crippen LogP contribution in [-0.2, 0) is 4.79 Å². The average Bonchev–Trinajstić information content (AvgIpc) is 2.57. The third kappa shape index (κ3) is 4.72. The van der Waals surface area contributed by atoms with Crippen molar-refractivity contribution in [2.24, 2.45) is 0 Å². The number of benzene rings is 2. The van der Waals surface area contributed by atoms with Crippen LogP contribution in [-0.4, -0.2) is 25.2 Å². The molecule has 0 saturated carbocycles. The van der Waals surface area contributed by atoms with Crippen molar-refractivity contribution in [3.05, 3.63) is 59.4 Å². The van der Waals surface area contributed by atoms with Gasteiger partial charge >= 0.3 is 0 Å². The van der Waals surface area contributed by atoms with Gasteiger partial charge in [0.1, 0.15) is 12.4 Å². The van der Waals surface area contributed by atoms with Gasteiger partial charge in [-0.1, -0.05) is 24.3 Å². The van der Waals surface area contributed by atoms with E-state index < -0.39 is 11.9 Å². The molecule has 0 radical (unpaired) electrons. The standard InChI is InChI=1S/C19H22FNO3/c1-13-7-6-10-17(14(13)2)23-12-11-21-19(22)15(3)24-18-9-5-4-8-16(18)20/h4-10,15H,11-12H2,1-3H3,(H,21,22)/t15-/m1/s1. The molecule has 128 valence electrons. The summed E-state index contributed by atoms with van der Waals surface area (Å²) >= 11 is 0. The number of carbonyl (C=O) groups is 1. The molecular formula is C19H22FNO3. The SMILES string of the molecule is Cc1cccc(OCCNC(=O)[C@@H](C)Oc2ccccc2F)c1C. The van der Waals surface area contributed by atoms with Crippen LogP contribution in [0, 0.1) is 19.7 Å². The van der Waals surface area contributed by atoms with Crippen molar-refractivity contribution in [1.29, 1.82) is 0 Å². The highest BCUT2D eigenvalue weighted by atomic mass is 19.1. The first kappa shape index (κ1) is 17.8. The van der Waals surface area contributed by atoms with E-state index in [0.29, 0.717) is 13.2 Å². The summed E-state index contributed by atoms with van der Waals surface area (Å²) in [6, 6.07) is 11.8. The van der Waals surface area contributed by atoms with Gasteiger partial charge in [-0.05, 0) is 50.1 Å². The van der Waals surface area contributed by atoms with Crippen LogP contribution < -0.4 is 14.8 Å². The highest BCUT2D eigenvalue weighted by Gasteiger charge is 2.15. The summed E-state index contributed by atoms with van der Waals surface area (Å²) in [6.45, 7) is 6.28.